The molecule has 0 unspecified atom stereocenters. The number of carbonyl (C=O) groups excluding carboxylic acids is 2. The Hall–Kier alpha value is -3.11. The number of rotatable bonds is 11. The third-order valence-electron chi connectivity index (χ3n) is 5.49. The molecule has 10 nitrogen and oxygen atoms in total. The molecule has 0 saturated carbocycles. The van der Waals surface area contributed by atoms with E-state index in [-0.39, 0.29) is 0 Å². The van der Waals surface area contributed by atoms with E-state index in [1.54, 1.807) is 29.2 Å². The molecular weight excluding hydrogens is 493 g/mol. The summed E-state index contributed by atoms with van der Waals surface area (Å²) in [7, 11) is 1.53. The summed E-state index contributed by atoms with van der Waals surface area (Å²) in [6.07, 6.45) is 4.47. The molecule has 0 aromatic carbocycles. The van der Waals surface area contributed by atoms with Crippen LogP contribution in [0.1, 0.15) is 48.1 Å². The molecule has 0 aliphatic carbocycles. The number of aryl methyl sites for hydroxylation is 3. The van der Waals surface area contributed by atoms with Gasteiger partial charge in [-0.05, 0) is 46.1 Å². The van der Waals surface area contributed by atoms with Gasteiger partial charge in [-0.25, -0.2) is 0 Å². The fraction of sp³-hybridized carbons (Fsp3) is 0.435. The minimum atomic E-state index is -0.821. The van der Waals surface area contributed by atoms with E-state index in [0.717, 1.165) is 17.0 Å². The van der Waals surface area contributed by atoms with Crippen molar-refractivity contribution < 1.29 is 14.3 Å². The maximum atomic E-state index is 13.2. The summed E-state index contributed by atoms with van der Waals surface area (Å²) >= 11 is 11.7. The second kappa shape index (κ2) is 12.0. The molecule has 12 heteroatoms. The van der Waals surface area contributed by atoms with Gasteiger partial charge < -0.3 is 15.4 Å². The molecule has 0 spiro atoms. The molecule has 188 valence electrons. The van der Waals surface area contributed by atoms with Gasteiger partial charge in [-0.2, -0.15) is 10.2 Å². The molecule has 3 N–H and O–H groups in total. The highest BCUT2D eigenvalue weighted by atomic mass is 35.5. The molecule has 3 rings (SSSR count). The van der Waals surface area contributed by atoms with Crippen molar-refractivity contribution in [3.8, 4) is 17.0 Å². The number of nitrogens with one attached hydrogen (secondary N) is 3. The number of H-pyrrole nitrogens is 1. The standard InChI is InChI=1S/C23H29Cl2N7O3/c1-5-32-17(9-10-27-32)23(34)29-16(7-6-8-19(24)25)22(33)28-15-11-18(35-4)21(26-12-15)20-13(2)30-31-14(20)3/h9-12,16,19H,5-8H2,1-4H3,(H,28,33)(H,29,34)(H,30,31)/t16-/m0/s1. The van der Waals surface area contributed by atoms with Gasteiger partial charge >= 0.3 is 0 Å². The van der Waals surface area contributed by atoms with E-state index in [1.165, 1.54) is 7.11 Å². The van der Waals surface area contributed by atoms with Crippen LogP contribution < -0.4 is 15.4 Å². The van der Waals surface area contributed by atoms with Crippen LogP contribution in [0.15, 0.2) is 24.5 Å². The molecule has 0 bridgehead atoms. The number of anilines is 1. The first-order valence-electron chi connectivity index (χ1n) is 11.2. The fourth-order valence-electron chi connectivity index (χ4n) is 3.74. The zero-order valence-corrected chi connectivity index (χ0v) is 21.6. The molecule has 2 amide bonds. The molecule has 0 aliphatic rings. The van der Waals surface area contributed by atoms with E-state index < -0.39 is 22.7 Å². The van der Waals surface area contributed by atoms with Gasteiger partial charge in [-0.1, -0.05) is 0 Å². The van der Waals surface area contributed by atoms with Crippen LogP contribution in [0.25, 0.3) is 11.3 Å². The number of hydrogen-bond donors (Lipinski definition) is 3. The number of amides is 2. The van der Waals surface area contributed by atoms with Gasteiger partial charge in [0, 0.05) is 30.1 Å². The van der Waals surface area contributed by atoms with Gasteiger partial charge in [0.15, 0.2) is 0 Å². The fourth-order valence-corrected chi connectivity index (χ4v) is 4.05. The summed E-state index contributed by atoms with van der Waals surface area (Å²) in [5.41, 5.74) is 3.90. The molecule has 1 atom stereocenters. The molecule has 0 aliphatic heterocycles. The Labute approximate surface area is 213 Å². The molecule has 3 aromatic rings. The average molecular weight is 522 g/mol. The first-order chi connectivity index (χ1) is 16.7. The number of alkyl halides is 2. The lowest BCUT2D eigenvalue weighted by atomic mass is 10.1. The summed E-state index contributed by atoms with van der Waals surface area (Å²) in [5, 5.41) is 16.9. The van der Waals surface area contributed by atoms with E-state index in [9.17, 15) is 9.59 Å². The lowest BCUT2D eigenvalue weighted by Gasteiger charge is -2.19. The van der Waals surface area contributed by atoms with Gasteiger partial charge in [-0.3, -0.25) is 24.4 Å². The first-order valence-corrected chi connectivity index (χ1v) is 12.1. The van der Waals surface area contributed by atoms with Crippen molar-refractivity contribution in [1.82, 2.24) is 30.3 Å². The predicted molar refractivity (Wildman–Crippen MR) is 135 cm³/mol. The number of halogens is 2. The van der Waals surface area contributed by atoms with Crippen molar-refractivity contribution in [2.45, 2.75) is 57.5 Å². The summed E-state index contributed by atoms with van der Waals surface area (Å²) in [4.78, 5) is 30.0. The Kier molecular flexibility index (Phi) is 9.11. The van der Waals surface area contributed by atoms with Crippen LogP contribution in [-0.4, -0.2) is 54.8 Å². The number of ether oxygens (including phenoxy) is 1. The number of pyridine rings is 1. The lowest BCUT2D eigenvalue weighted by molar-refractivity contribution is -0.118. The van der Waals surface area contributed by atoms with Gasteiger partial charge in [0.05, 0.1) is 24.7 Å². The number of nitrogens with zero attached hydrogens (tertiary/aromatic N) is 4. The van der Waals surface area contributed by atoms with Gasteiger partial charge in [0.25, 0.3) is 5.91 Å². The van der Waals surface area contributed by atoms with Crippen molar-refractivity contribution in [2.75, 3.05) is 12.4 Å². The van der Waals surface area contributed by atoms with Crippen molar-refractivity contribution in [3.63, 3.8) is 0 Å². The smallest absolute Gasteiger partial charge is 0.270 e. The van der Waals surface area contributed by atoms with Gasteiger partial charge in [0.2, 0.25) is 5.91 Å². The second-order valence-electron chi connectivity index (χ2n) is 7.95. The molecular formula is C23H29Cl2N7O3. The van der Waals surface area contributed by atoms with E-state index >= 15 is 0 Å². The van der Waals surface area contributed by atoms with Crippen LogP contribution in [0.3, 0.4) is 0 Å². The van der Waals surface area contributed by atoms with E-state index in [0.29, 0.717) is 48.6 Å². The monoisotopic (exact) mass is 521 g/mol. The van der Waals surface area contributed by atoms with Crippen molar-refractivity contribution in [2.24, 2.45) is 0 Å². The average Bonchev–Trinajstić information content (AvgIpc) is 3.44. The van der Waals surface area contributed by atoms with Gasteiger partial charge in [-0.15, -0.1) is 23.2 Å². The highest BCUT2D eigenvalue weighted by Gasteiger charge is 2.24. The third kappa shape index (κ3) is 6.52. The van der Waals surface area contributed by atoms with Crippen LogP contribution in [0.4, 0.5) is 5.69 Å². The summed E-state index contributed by atoms with van der Waals surface area (Å²) in [5.74, 6) is -0.307. The molecule has 3 heterocycles. The summed E-state index contributed by atoms with van der Waals surface area (Å²) < 4.78 is 7.09. The van der Waals surface area contributed by atoms with Crippen LogP contribution in [0.2, 0.25) is 0 Å². The minimum absolute atomic E-state index is 0.351. The van der Waals surface area contributed by atoms with Gasteiger partial charge in [0.1, 0.15) is 28.0 Å². The van der Waals surface area contributed by atoms with Crippen molar-refractivity contribution in [3.05, 3.63) is 41.6 Å². The number of aromatic amines is 1. The number of aromatic nitrogens is 5. The Morgan fingerprint density at radius 2 is 2.03 bits per heavy atom. The first kappa shape index (κ1) is 26.5. The maximum absolute atomic E-state index is 13.2. The zero-order valence-electron chi connectivity index (χ0n) is 20.1. The molecule has 3 aromatic heterocycles. The van der Waals surface area contributed by atoms with E-state index in [1.807, 2.05) is 20.8 Å². The normalized spacial score (nSPS) is 12.0. The number of methoxy groups -OCH3 is 1. The van der Waals surface area contributed by atoms with Crippen LogP contribution in [0, 0.1) is 13.8 Å². The van der Waals surface area contributed by atoms with Crippen molar-refractivity contribution in [1.29, 1.82) is 0 Å². The molecule has 0 fully saturated rings. The number of carbonyl (C=O) groups is 2. The lowest BCUT2D eigenvalue weighted by Crippen LogP contribution is -2.44. The summed E-state index contributed by atoms with van der Waals surface area (Å²) in [6, 6.07) is 2.47. The minimum Gasteiger partial charge on any atom is -0.494 e. The largest absolute Gasteiger partial charge is 0.494 e. The SMILES string of the molecule is CCn1nccc1C(=O)N[C@@H](CCCC(Cl)Cl)C(=O)Nc1cnc(-c2c(C)n[nH]c2C)c(OC)c1. The quantitative estimate of drug-likeness (QED) is 0.327. The third-order valence-corrected chi connectivity index (χ3v) is 5.93. The van der Waals surface area contributed by atoms with E-state index in [4.69, 9.17) is 27.9 Å². The van der Waals surface area contributed by atoms with Crippen LogP contribution in [-0.2, 0) is 11.3 Å². The Bertz CT molecular complexity index is 1160. The van der Waals surface area contributed by atoms with E-state index in [2.05, 4.69) is 30.9 Å². The zero-order chi connectivity index (χ0) is 25.5. The summed E-state index contributed by atoms with van der Waals surface area (Å²) in [6.45, 7) is 6.18. The highest BCUT2D eigenvalue weighted by molar-refractivity contribution is 6.44. The number of hydrogen-bond acceptors (Lipinski definition) is 6. The highest BCUT2D eigenvalue weighted by Crippen LogP contribution is 2.33. The van der Waals surface area contributed by atoms with Crippen molar-refractivity contribution >= 4 is 40.7 Å². The Morgan fingerprint density at radius 1 is 1.26 bits per heavy atom. The Morgan fingerprint density at radius 3 is 2.66 bits per heavy atom. The molecule has 35 heavy (non-hydrogen) atoms. The topological polar surface area (TPSA) is 127 Å². The molecule has 0 radical (unpaired) electrons. The maximum Gasteiger partial charge on any atom is 0.270 e. The molecule has 0 saturated heterocycles. The second-order valence-corrected chi connectivity index (χ2v) is 9.23. The van der Waals surface area contributed by atoms with Crippen LogP contribution >= 0.6 is 23.2 Å². The predicted octanol–water partition coefficient (Wildman–Crippen LogP) is 4.02. The van der Waals surface area contributed by atoms with Crippen LogP contribution in [0.5, 0.6) is 5.75 Å². The Balaban J connectivity index is 1.79.